The molecule has 1 saturated heterocycles. The third kappa shape index (κ3) is 4.77. The van der Waals surface area contributed by atoms with Crippen LogP contribution in [0.1, 0.15) is 54.6 Å². The van der Waals surface area contributed by atoms with Gasteiger partial charge in [-0.15, -0.1) is 0 Å². The number of fused-ring (bicyclic) bond motifs is 1. The summed E-state index contributed by atoms with van der Waals surface area (Å²) in [6.07, 6.45) is 2.34. The average Bonchev–Trinajstić information content (AvgIpc) is 2.82. The van der Waals surface area contributed by atoms with Gasteiger partial charge in [0.25, 0.3) is 0 Å². The molecule has 2 aromatic carbocycles. The number of amides is 2. The van der Waals surface area contributed by atoms with Crippen LogP contribution in [0, 0.1) is 11.8 Å². The van der Waals surface area contributed by atoms with Crippen LogP contribution >= 0.6 is 0 Å². The van der Waals surface area contributed by atoms with Crippen molar-refractivity contribution in [1.82, 2.24) is 9.80 Å². The Hall–Kier alpha value is -2.95. The van der Waals surface area contributed by atoms with Crippen molar-refractivity contribution in [1.29, 1.82) is 0 Å². The summed E-state index contributed by atoms with van der Waals surface area (Å²) in [7, 11) is 0. The number of likely N-dealkylation sites (tertiary alicyclic amines) is 1. The number of hydrogen-bond acceptors (Lipinski definition) is 3. The third-order valence-corrected chi connectivity index (χ3v) is 6.67. The maximum atomic E-state index is 13.6. The lowest BCUT2D eigenvalue weighted by molar-refractivity contribution is -0.148. The van der Waals surface area contributed by atoms with E-state index >= 15 is 0 Å². The zero-order chi connectivity index (χ0) is 22.7. The molecule has 1 unspecified atom stereocenters. The molecule has 1 atom stereocenters. The number of benzene rings is 2. The van der Waals surface area contributed by atoms with Crippen LogP contribution < -0.4 is 0 Å². The summed E-state index contributed by atoms with van der Waals surface area (Å²) in [5.74, 6) is 0.421. The van der Waals surface area contributed by atoms with Gasteiger partial charge >= 0.3 is 0 Å². The molecule has 0 radical (unpaired) electrons. The minimum absolute atomic E-state index is 0.0159. The summed E-state index contributed by atoms with van der Waals surface area (Å²) in [5.41, 5.74) is 3.01. The normalized spacial score (nSPS) is 19.0. The highest BCUT2D eigenvalue weighted by molar-refractivity contribution is 5.98. The minimum Gasteiger partial charge on any atom is -0.341 e. The Morgan fingerprint density at radius 3 is 2.19 bits per heavy atom. The van der Waals surface area contributed by atoms with Crippen molar-refractivity contribution in [2.24, 2.45) is 11.8 Å². The molecular formula is C27H32N2O3. The summed E-state index contributed by atoms with van der Waals surface area (Å²) in [6.45, 7) is 5.67. The van der Waals surface area contributed by atoms with Crippen LogP contribution in [0.25, 0.3) is 0 Å². The number of nitrogens with zero attached hydrogens (tertiary/aromatic N) is 2. The van der Waals surface area contributed by atoms with E-state index in [1.165, 1.54) is 0 Å². The Morgan fingerprint density at radius 1 is 0.906 bits per heavy atom. The SMILES string of the molecule is CC(C)CC(=O)N1Cc2ccccc2CC1C(=O)N1CCC(C(=O)c2ccccc2)CC1. The van der Waals surface area contributed by atoms with Crippen molar-refractivity contribution < 1.29 is 14.4 Å². The molecule has 0 bridgehead atoms. The van der Waals surface area contributed by atoms with Gasteiger partial charge in [0.1, 0.15) is 6.04 Å². The highest BCUT2D eigenvalue weighted by Crippen LogP contribution is 2.28. The lowest BCUT2D eigenvalue weighted by atomic mass is 9.87. The van der Waals surface area contributed by atoms with E-state index in [4.69, 9.17) is 0 Å². The zero-order valence-corrected chi connectivity index (χ0v) is 19.0. The minimum atomic E-state index is -0.461. The summed E-state index contributed by atoms with van der Waals surface area (Å²) in [5, 5.41) is 0. The van der Waals surface area contributed by atoms with Gasteiger partial charge in [0.15, 0.2) is 5.78 Å². The standard InChI is InChI=1S/C27H32N2O3/c1-19(2)16-25(30)29-18-23-11-7-6-10-22(23)17-24(29)27(32)28-14-12-21(13-15-28)26(31)20-8-4-3-5-9-20/h3-11,19,21,24H,12-18H2,1-2H3. The summed E-state index contributed by atoms with van der Waals surface area (Å²) in [4.78, 5) is 43.0. The Bertz CT molecular complexity index is 977. The van der Waals surface area contributed by atoms with Crippen LogP contribution in [0.3, 0.4) is 0 Å². The maximum absolute atomic E-state index is 13.6. The van der Waals surface area contributed by atoms with Gasteiger partial charge in [-0.3, -0.25) is 14.4 Å². The van der Waals surface area contributed by atoms with Crippen molar-refractivity contribution in [3.05, 3.63) is 71.3 Å². The largest absolute Gasteiger partial charge is 0.341 e. The molecule has 5 nitrogen and oxygen atoms in total. The second-order valence-corrected chi connectivity index (χ2v) is 9.44. The van der Waals surface area contributed by atoms with Gasteiger partial charge < -0.3 is 9.80 Å². The van der Waals surface area contributed by atoms with Crippen molar-refractivity contribution in [3.8, 4) is 0 Å². The topological polar surface area (TPSA) is 57.7 Å². The fourth-order valence-electron chi connectivity index (χ4n) is 4.88. The van der Waals surface area contributed by atoms with Crippen LogP contribution in [-0.2, 0) is 22.6 Å². The van der Waals surface area contributed by atoms with E-state index in [0.29, 0.717) is 45.3 Å². The van der Waals surface area contributed by atoms with Crippen molar-refractivity contribution in [3.63, 3.8) is 0 Å². The summed E-state index contributed by atoms with van der Waals surface area (Å²) < 4.78 is 0. The molecule has 0 saturated carbocycles. The van der Waals surface area contributed by atoms with Crippen molar-refractivity contribution in [2.75, 3.05) is 13.1 Å². The van der Waals surface area contributed by atoms with E-state index in [2.05, 4.69) is 6.07 Å². The van der Waals surface area contributed by atoms with E-state index in [-0.39, 0.29) is 29.4 Å². The van der Waals surface area contributed by atoms with Crippen LogP contribution in [0.15, 0.2) is 54.6 Å². The van der Waals surface area contributed by atoms with E-state index in [0.717, 1.165) is 16.7 Å². The molecule has 0 aromatic heterocycles. The average molecular weight is 433 g/mol. The molecule has 0 spiro atoms. The van der Waals surface area contributed by atoms with E-state index in [9.17, 15) is 14.4 Å². The first-order valence-corrected chi connectivity index (χ1v) is 11.7. The number of hydrogen-bond donors (Lipinski definition) is 0. The summed E-state index contributed by atoms with van der Waals surface area (Å²) >= 11 is 0. The first-order valence-electron chi connectivity index (χ1n) is 11.7. The number of Topliss-reactive ketones (excluding diaryl/α,β-unsaturated/α-hetero) is 1. The fraction of sp³-hybridized carbons (Fsp3) is 0.444. The van der Waals surface area contributed by atoms with Crippen LogP contribution in [0.4, 0.5) is 0 Å². The Kier molecular flexibility index (Phi) is 6.73. The van der Waals surface area contributed by atoms with Crippen LogP contribution in [-0.4, -0.2) is 46.5 Å². The Morgan fingerprint density at radius 2 is 1.53 bits per heavy atom. The first-order chi connectivity index (χ1) is 15.4. The van der Waals surface area contributed by atoms with E-state index in [1.54, 1.807) is 4.90 Å². The molecule has 2 heterocycles. The van der Waals surface area contributed by atoms with Crippen molar-refractivity contribution in [2.45, 2.75) is 52.1 Å². The van der Waals surface area contributed by atoms with Gasteiger partial charge in [0.05, 0.1) is 0 Å². The number of ketones is 1. The third-order valence-electron chi connectivity index (χ3n) is 6.67. The maximum Gasteiger partial charge on any atom is 0.245 e. The quantitative estimate of drug-likeness (QED) is 0.668. The Balaban J connectivity index is 1.46. The molecule has 2 aliphatic heterocycles. The van der Waals surface area contributed by atoms with Gasteiger partial charge in [0.2, 0.25) is 11.8 Å². The number of rotatable bonds is 5. The second kappa shape index (κ2) is 9.68. The number of piperidine rings is 1. The Labute approximate surface area is 190 Å². The highest BCUT2D eigenvalue weighted by atomic mass is 16.2. The highest BCUT2D eigenvalue weighted by Gasteiger charge is 2.38. The summed E-state index contributed by atoms with van der Waals surface area (Å²) in [6, 6.07) is 17.0. The van der Waals surface area contributed by atoms with Gasteiger partial charge in [0, 0.05) is 44.0 Å². The number of carbonyl (C=O) groups is 3. The molecule has 0 aliphatic carbocycles. The monoisotopic (exact) mass is 432 g/mol. The predicted molar refractivity (Wildman–Crippen MR) is 124 cm³/mol. The predicted octanol–water partition coefficient (Wildman–Crippen LogP) is 4.11. The van der Waals surface area contributed by atoms with Gasteiger partial charge in [-0.2, -0.15) is 0 Å². The van der Waals surface area contributed by atoms with Gasteiger partial charge in [-0.1, -0.05) is 68.4 Å². The lowest BCUT2D eigenvalue weighted by Crippen LogP contribution is -2.55. The molecule has 1 fully saturated rings. The second-order valence-electron chi connectivity index (χ2n) is 9.44. The van der Waals surface area contributed by atoms with Crippen molar-refractivity contribution >= 4 is 17.6 Å². The van der Waals surface area contributed by atoms with E-state index in [1.807, 2.05) is 67.3 Å². The molecule has 2 aromatic rings. The fourth-order valence-corrected chi connectivity index (χ4v) is 4.88. The first kappa shape index (κ1) is 22.3. The van der Waals surface area contributed by atoms with Gasteiger partial charge in [-0.05, 0) is 29.9 Å². The van der Waals surface area contributed by atoms with Crippen LogP contribution in [0.5, 0.6) is 0 Å². The molecule has 168 valence electrons. The number of carbonyl (C=O) groups excluding carboxylic acids is 3. The molecule has 32 heavy (non-hydrogen) atoms. The van der Waals surface area contributed by atoms with E-state index < -0.39 is 6.04 Å². The molecule has 4 rings (SSSR count). The molecule has 2 aliphatic rings. The molecule has 2 amide bonds. The van der Waals surface area contributed by atoms with Gasteiger partial charge in [-0.25, -0.2) is 0 Å². The smallest absolute Gasteiger partial charge is 0.245 e. The molecule has 0 N–H and O–H groups in total. The molecule has 5 heteroatoms. The van der Waals surface area contributed by atoms with Crippen LogP contribution in [0.2, 0.25) is 0 Å². The lowest BCUT2D eigenvalue weighted by Gasteiger charge is -2.40. The molecular weight excluding hydrogens is 400 g/mol. The zero-order valence-electron chi connectivity index (χ0n) is 19.0.